The zero-order valence-corrected chi connectivity index (χ0v) is 18.1. The van der Waals surface area contributed by atoms with Gasteiger partial charge in [0, 0.05) is 24.2 Å². The molecule has 0 spiro atoms. The Labute approximate surface area is 155 Å². The summed E-state index contributed by atoms with van der Waals surface area (Å²) in [7, 11) is -0.907. The lowest BCUT2D eigenvalue weighted by Crippen LogP contribution is -2.43. The first-order valence-electron chi connectivity index (χ1n) is 9.39. The average Bonchev–Trinajstić information content (AvgIpc) is 2.47. The van der Waals surface area contributed by atoms with E-state index in [0.717, 1.165) is 5.56 Å². The minimum absolute atomic E-state index is 0.149. The van der Waals surface area contributed by atoms with Crippen LogP contribution in [0.2, 0.25) is 0 Å². The summed E-state index contributed by atoms with van der Waals surface area (Å²) in [4.78, 5) is 0. The average molecular weight is 370 g/mol. The summed E-state index contributed by atoms with van der Waals surface area (Å²) in [5.74, 6) is -0.149. The van der Waals surface area contributed by atoms with Crippen LogP contribution in [0.25, 0.3) is 0 Å². The van der Waals surface area contributed by atoms with Gasteiger partial charge in [-0.2, -0.15) is 0 Å². The van der Waals surface area contributed by atoms with Gasteiger partial charge in [0.05, 0.1) is 6.61 Å². The molecule has 0 saturated heterocycles. The fourth-order valence-electron chi connectivity index (χ4n) is 3.17. The SMILES string of the molecule is CC(C)N(C(C)C)P(OCCc1ccccc1F)N(C(C)C)C(C)C. The van der Waals surface area contributed by atoms with E-state index in [1.807, 2.05) is 12.1 Å². The van der Waals surface area contributed by atoms with Gasteiger partial charge >= 0.3 is 0 Å². The molecular weight excluding hydrogens is 334 g/mol. The number of benzene rings is 1. The zero-order chi connectivity index (χ0) is 19.1. The number of halogens is 1. The summed E-state index contributed by atoms with van der Waals surface area (Å²) in [6, 6.07) is 8.52. The maximum Gasteiger partial charge on any atom is 0.188 e. The van der Waals surface area contributed by atoms with E-state index in [-0.39, 0.29) is 5.82 Å². The molecule has 0 heterocycles. The molecule has 5 heteroatoms. The molecule has 1 aromatic carbocycles. The second kappa shape index (κ2) is 10.6. The summed E-state index contributed by atoms with van der Waals surface area (Å²) in [5.41, 5.74) is 0.721. The lowest BCUT2D eigenvalue weighted by molar-refractivity contribution is 0.187. The Balaban J connectivity index is 2.95. The summed E-state index contributed by atoms with van der Waals surface area (Å²) >= 11 is 0. The molecule has 0 saturated carbocycles. The first-order chi connectivity index (χ1) is 11.7. The number of hydrogen-bond acceptors (Lipinski definition) is 3. The van der Waals surface area contributed by atoms with E-state index >= 15 is 0 Å². The normalized spacial score (nSPS) is 12.8. The molecule has 0 unspecified atom stereocenters. The maximum absolute atomic E-state index is 13.9. The molecule has 144 valence electrons. The zero-order valence-electron chi connectivity index (χ0n) is 17.2. The van der Waals surface area contributed by atoms with Crippen LogP contribution in [0.4, 0.5) is 4.39 Å². The van der Waals surface area contributed by atoms with Crippen molar-refractivity contribution in [3.8, 4) is 0 Å². The van der Waals surface area contributed by atoms with Gasteiger partial charge in [0.15, 0.2) is 8.45 Å². The van der Waals surface area contributed by atoms with Crippen molar-refractivity contribution in [2.24, 2.45) is 0 Å². The Bertz CT molecular complexity index is 472. The van der Waals surface area contributed by atoms with E-state index in [2.05, 4.69) is 64.7 Å². The Kier molecular flexibility index (Phi) is 9.51. The lowest BCUT2D eigenvalue weighted by Gasteiger charge is -2.45. The predicted octanol–water partition coefficient (Wildman–Crippen LogP) is 5.85. The largest absolute Gasteiger partial charge is 0.331 e. The molecule has 0 atom stereocenters. The molecule has 1 rings (SSSR count). The van der Waals surface area contributed by atoms with E-state index in [0.29, 0.717) is 37.2 Å². The highest BCUT2D eigenvalue weighted by molar-refractivity contribution is 7.47. The summed E-state index contributed by atoms with van der Waals surface area (Å²) in [6.45, 7) is 18.3. The van der Waals surface area contributed by atoms with Gasteiger partial charge < -0.3 is 4.52 Å². The fourth-order valence-corrected chi connectivity index (χ4v) is 5.51. The van der Waals surface area contributed by atoms with E-state index in [9.17, 15) is 4.39 Å². The molecule has 0 fully saturated rings. The van der Waals surface area contributed by atoms with Crippen molar-refractivity contribution in [3.63, 3.8) is 0 Å². The Morgan fingerprint density at radius 3 is 1.68 bits per heavy atom. The fraction of sp³-hybridized carbons (Fsp3) is 0.700. The minimum atomic E-state index is -0.907. The molecule has 25 heavy (non-hydrogen) atoms. The van der Waals surface area contributed by atoms with Crippen molar-refractivity contribution in [2.45, 2.75) is 86.0 Å². The lowest BCUT2D eigenvalue weighted by atomic mass is 10.1. The molecule has 0 radical (unpaired) electrons. The first-order valence-corrected chi connectivity index (χ1v) is 10.6. The van der Waals surface area contributed by atoms with Crippen molar-refractivity contribution in [2.75, 3.05) is 6.61 Å². The van der Waals surface area contributed by atoms with Crippen LogP contribution in [-0.2, 0) is 10.9 Å². The van der Waals surface area contributed by atoms with Crippen molar-refractivity contribution < 1.29 is 8.91 Å². The maximum atomic E-state index is 13.9. The second-order valence-corrected chi connectivity index (χ2v) is 9.25. The number of nitrogens with zero attached hydrogens (tertiary/aromatic N) is 2. The van der Waals surface area contributed by atoms with Gasteiger partial charge in [-0.05, 0) is 73.4 Å². The molecule has 0 aliphatic rings. The van der Waals surface area contributed by atoms with Crippen LogP contribution in [0.1, 0.15) is 61.0 Å². The predicted molar refractivity (Wildman–Crippen MR) is 107 cm³/mol. The van der Waals surface area contributed by atoms with Crippen LogP contribution in [0.3, 0.4) is 0 Å². The quantitative estimate of drug-likeness (QED) is 0.481. The summed E-state index contributed by atoms with van der Waals surface area (Å²) in [5, 5.41) is 0. The van der Waals surface area contributed by atoms with Crippen molar-refractivity contribution >= 4 is 8.45 Å². The smallest absolute Gasteiger partial charge is 0.188 e. The second-order valence-electron chi connectivity index (χ2n) is 7.56. The first kappa shape index (κ1) is 22.5. The monoisotopic (exact) mass is 370 g/mol. The Morgan fingerprint density at radius 2 is 1.28 bits per heavy atom. The van der Waals surface area contributed by atoms with Crippen LogP contribution in [0.5, 0.6) is 0 Å². The van der Waals surface area contributed by atoms with E-state index in [1.165, 1.54) is 6.07 Å². The summed E-state index contributed by atoms with van der Waals surface area (Å²) in [6.07, 6.45) is 0.597. The highest BCUT2D eigenvalue weighted by Gasteiger charge is 2.34. The number of rotatable bonds is 10. The van der Waals surface area contributed by atoms with Crippen LogP contribution in [0, 0.1) is 5.82 Å². The van der Waals surface area contributed by atoms with E-state index < -0.39 is 8.45 Å². The molecule has 0 N–H and O–H groups in total. The number of hydrogen-bond donors (Lipinski definition) is 0. The van der Waals surface area contributed by atoms with Gasteiger partial charge in [-0.3, -0.25) is 0 Å². The standard InChI is InChI=1S/C20H36FN2OP/c1-15(2)22(16(3)4)25(23(17(5)6)18(7)8)24-14-13-19-11-9-10-12-20(19)21/h9-12,15-18H,13-14H2,1-8H3. The van der Waals surface area contributed by atoms with Crippen LogP contribution < -0.4 is 0 Å². The van der Waals surface area contributed by atoms with E-state index in [4.69, 9.17) is 4.52 Å². The molecule has 0 aliphatic heterocycles. The van der Waals surface area contributed by atoms with Crippen LogP contribution in [-0.4, -0.2) is 40.1 Å². The minimum Gasteiger partial charge on any atom is -0.331 e. The van der Waals surface area contributed by atoms with Crippen LogP contribution in [0.15, 0.2) is 24.3 Å². The highest BCUT2D eigenvalue weighted by atomic mass is 31.2. The third-order valence-electron chi connectivity index (χ3n) is 4.05. The Morgan fingerprint density at radius 1 is 0.840 bits per heavy atom. The van der Waals surface area contributed by atoms with Crippen molar-refractivity contribution in [3.05, 3.63) is 35.6 Å². The van der Waals surface area contributed by atoms with E-state index in [1.54, 1.807) is 6.07 Å². The molecule has 3 nitrogen and oxygen atoms in total. The van der Waals surface area contributed by atoms with Gasteiger partial charge in [0.2, 0.25) is 0 Å². The third kappa shape index (κ3) is 6.60. The topological polar surface area (TPSA) is 15.7 Å². The molecular formula is C20H36FN2OP. The molecule has 0 bridgehead atoms. The third-order valence-corrected chi connectivity index (χ3v) is 7.10. The summed E-state index contributed by atoms with van der Waals surface area (Å²) < 4.78 is 25.2. The van der Waals surface area contributed by atoms with Gasteiger partial charge in [-0.15, -0.1) is 0 Å². The Hall–Kier alpha value is -0.540. The molecule has 0 aromatic heterocycles. The molecule has 1 aromatic rings. The van der Waals surface area contributed by atoms with Gasteiger partial charge in [0.1, 0.15) is 5.82 Å². The van der Waals surface area contributed by atoms with Gasteiger partial charge in [-0.1, -0.05) is 18.2 Å². The van der Waals surface area contributed by atoms with Crippen molar-refractivity contribution in [1.82, 2.24) is 9.34 Å². The van der Waals surface area contributed by atoms with Gasteiger partial charge in [-0.25, -0.2) is 13.7 Å². The molecule has 0 amide bonds. The van der Waals surface area contributed by atoms with Crippen LogP contribution >= 0.6 is 8.45 Å². The van der Waals surface area contributed by atoms with Gasteiger partial charge in [0.25, 0.3) is 0 Å². The van der Waals surface area contributed by atoms with Crippen molar-refractivity contribution in [1.29, 1.82) is 0 Å². The highest BCUT2D eigenvalue weighted by Crippen LogP contribution is 2.50. The molecule has 0 aliphatic carbocycles.